The average Bonchev–Trinajstić information content (AvgIpc) is 1.97. The summed E-state index contributed by atoms with van der Waals surface area (Å²) in [6.45, 7) is 0.771. The lowest BCUT2D eigenvalue weighted by molar-refractivity contribution is -0.111. The summed E-state index contributed by atoms with van der Waals surface area (Å²) in [5.74, 6) is -1.10. The van der Waals surface area contributed by atoms with E-state index in [1.165, 1.54) is 0 Å². The SMILES string of the molecule is CC(=O)C(=NO)C(B(F)F)B(F)F. The van der Waals surface area contributed by atoms with Crippen molar-refractivity contribution in [1.82, 2.24) is 0 Å². The minimum absolute atomic E-state index is 0.771. The van der Waals surface area contributed by atoms with E-state index in [1.807, 2.05) is 0 Å². The van der Waals surface area contributed by atoms with Gasteiger partial charge in [-0.3, -0.25) is 22.1 Å². The monoisotopic (exact) mass is 197 g/mol. The number of carbonyl (C=O) groups is 1. The molecule has 0 bridgehead atoms. The van der Waals surface area contributed by atoms with Gasteiger partial charge >= 0.3 is 14.5 Å². The molecule has 0 aromatic carbocycles. The van der Waals surface area contributed by atoms with E-state index in [2.05, 4.69) is 5.16 Å². The molecule has 0 saturated carbocycles. The Morgan fingerprint density at radius 3 is 1.77 bits per heavy atom. The molecular weight excluding hydrogens is 192 g/mol. The molecule has 0 heterocycles. The van der Waals surface area contributed by atoms with Crippen molar-refractivity contribution in [1.29, 1.82) is 0 Å². The van der Waals surface area contributed by atoms with E-state index < -0.39 is 31.7 Å². The third-order valence-corrected chi connectivity index (χ3v) is 1.33. The van der Waals surface area contributed by atoms with Crippen LogP contribution in [0.1, 0.15) is 6.92 Å². The number of hydrogen-bond donors (Lipinski definition) is 1. The van der Waals surface area contributed by atoms with Gasteiger partial charge in [-0.15, -0.1) is 0 Å². The zero-order chi connectivity index (χ0) is 10.6. The molecule has 0 aliphatic rings. The van der Waals surface area contributed by atoms with Gasteiger partial charge in [0.2, 0.25) is 0 Å². The quantitative estimate of drug-likeness (QED) is 0.241. The number of ketones is 1. The summed E-state index contributed by atoms with van der Waals surface area (Å²) in [5, 5.41) is 10.2. The molecule has 0 aliphatic heterocycles. The predicted octanol–water partition coefficient (Wildman–Crippen LogP) is 1.17. The van der Waals surface area contributed by atoms with Crippen LogP contribution in [0.2, 0.25) is 5.72 Å². The lowest BCUT2D eigenvalue weighted by Crippen LogP contribution is -2.33. The van der Waals surface area contributed by atoms with Crippen molar-refractivity contribution in [3.8, 4) is 0 Å². The molecule has 0 aromatic heterocycles. The van der Waals surface area contributed by atoms with Crippen molar-refractivity contribution in [2.45, 2.75) is 12.6 Å². The number of carbonyl (C=O) groups excluding carboxylic acids is 1. The van der Waals surface area contributed by atoms with Gasteiger partial charge in [0.1, 0.15) is 5.71 Å². The molecule has 0 aliphatic carbocycles. The number of rotatable bonds is 4. The summed E-state index contributed by atoms with van der Waals surface area (Å²) >= 11 is 0. The minimum atomic E-state index is -3.44. The highest BCUT2D eigenvalue weighted by Gasteiger charge is 2.46. The van der Waals surface area contributed by atoms with Crippen molar-refractivity contribution in [2.75, 3.05) is 0 Å². The maximum Gasteiger partial charge on any atom is 0.546 e. The first kappa shape index (κ1) is 12.0. The molecule has 0 rings (SSSR count). The van der Waals surface area contributed by atoms with Gasteiger partial charge in [-0.1, -0.05) is 5.16 Å². The van der Waals surface area contributed by atoms with E-state index in [4.69, 9.17) is 5.21 Å². The fourth-order valence-corrected chi connectivity index (χ4v) is 0.720. The standard InChI is InChI=1S/C4H5B2F4NO2/c1-2(12)3(11-13)4(5(7)8)6(9)10/h4,13H,1H3. The molecule has 0 amide bonds. The van der Waals surface area contributed by atoms with E-state index in [-0.39, 0.29) is 0 Å². The molecule has 0 saturated heterocycles. The van der Waals surface area contributed by atoms with Crippen LogP contribution in [0.15, 0.2) is 5.16 Å². The third kappa shape index (κ3) is 3.08. The van der Waals surface area contributed by atoms with E-state index in [0.29, 0.717) is 0 Å². The topological polar surface area (TPSA) is 49.7 Å². The van der Waals surface area contributed by atoms with Gasteiger partial charge in [0.25, 0.3) is 0 Å². The lowest BCUT2D eigenvalue weighted by Gasteiger charge is -2.08. The second-order valence-corrected chi connectivity index (χ2v) is 2.24. The van der Waals surface area contributed by atoms with Crippen LogP contribution >= 0.6 is 0 Å². The van der Waals surface area contributed by atoms with Crippen LogP contribution in [0.4, 0.5) is 17.3 Å². The molecule has 72 valence electrons. The van der Waals surface area contributed by atoms with E-state index >= 15 is 0 Å². The molecular formula is C4H5B2F4NO2. The molecule has 0 radical (unpaired) electrons. The van der Waals surface area contributed by atoms with Crippen molar-refractivity contribution < 1.29 is 27.3 Å². The molecule has 0 atom stereocenters. The van der Waals surface area contributed by atoms with Crippen LogP contribution in [0.3, 0.4) is 0 Å². The Labute approximate surface area is 72.1 Å². The van der Waals surface area contributed by atoms with Crippen molar-refractivity contribution in [3.63, 3.8) is 0 Å². The highest BCUT2D eigenvalue weighted by atomic mass is 19.2. The largest absolute Gasteiger partial charge is 0.546 e. The fourth-order valence-electron chi connectivity index (χ4n) is 0.720. The normalized spacial score (nSPS) is 11.7. The Balaban J connectivity index is 4.82. The molecule has 0 spiro atoms. The highest BCUT2D eigenvalue weighted by Crippen LogP contribution is 2.21. The van der Waals surface area contributed by atoms with Crippen LogP contribution in [0.25, 0.3) is 0 Å². The first-order chi connectivity index (χ1) is 5.91. The number of nitrogens with zero attached hydrogens (tertiary/aromatic N) is 1. The summed E-state index contributed by atoms with van der Waals surface area (Å²) in [6, 6.07) is 0. The fraction of sp³-hybridized carbons (Fsp3) is 0.500. The van der Waals surface area contributed by atoms with Crippen molar-refractivity contribution in [2.24, 2.45) is 5.16 Å². The van der Waals surface area contributed by atoms with Gasteiger partial charge in [0, 0.05) is 6.92 Å². The minimum Gasteiger partial charge on any atom is -0.411 e. The summed E-state index contributed by atoms with van der Waals surface area (Å²) in [6.07, 6.45) is 0. The Hall–Kier alpha value is -1.01. The van der Waals surface area contributed by atoms with Crippen LogP contribution < -0.4 is 0 Å². The maximum atomic E-state index is 11.9. The van der Waals surface area contributed by atoms with Crippen molar-refractivity contribution in [3.05, 3.63) is 0 Å². The van der Waals surface area contributed by atoms with Gasteiger partial charge in [-0.2, -0.15) is 0 Å². The first-order valence-electron chi connectivity index (χ1n) is 3.21. The maximum absolute atomic E-state index is 11.9. The molecule has 9 heteroatoms. The summed E-state index contributed by atoms with van der Waals surface area (Å²) in [4.78, 5) is 10.5. The Bertz CT molecular complexity index is 214. The summed E-state index contributed by atoms with van der Waals surface area (Å²) in [7, 11) is -6.87. The van der Waals surface area contributed by atoms with Crippen molar-refractivity contribution >= 4 is 26.0 Å². The lowest BCUT2D eigenvalue weighted by atomic mass is 9.56. The van der Waals surface area contributed by atoms with Crippen LogP contribution in [0.5, 0.6) is 0 Å². The zero-order valence-corrected chi connectivity index (χ0v) is 6.55. The summed E-state index contributed by atoms with van der Waals surface area (Å²) in [5.41, 5.74) is -3.83. The zero-order valence-electron chi connectivity index (χ0n) is 6.55. The highest BCUT2D eigenvalue weighted by molar-refractivity contribution is 6.77. The third-order valence-electron chi connectivity index (χ3n) is 1.33. The molecule has 0 unspecified atom stereocenters. The molecule has 0 fully saturated rings. The van der Waals surface area contributed by atoms with Crippen LogP contribution in [-0.2, 0) is 4.79 Å². The van der Waals surface area contributed by atoms with Crippen LogP contribution in [-0.4, -0.2) is 31.2 Å². The predicted molar refractivity (Wildman–Crippen MR) is 39.6 cm³/mol. The number of Topliss-reactive ketones (excluding diaryl/α,β-unsaturated/α-hetero) is 1. The number of hydrogen-bond acceptors (Lipinski definition) is 3. The van der Waals surface area contributed by atoms with Gasteiger partial charge in [0.05, 0.1) is 5.72 Å². The second kappa shape index (κ2) is 4.88. The van der Waals surface area contributed by atoms with E-state index in [0.717, 1.165) is 6.92 Å². The van der Waals surface area contributed by atoms with Gasteiger partial charge in [0.15, 0.2) is 5.78 Å². The van der Waals surface area contributed by atoms with Gasteiger partial charge in [-0.05, 0) is 0 Å². The Morgan fingerprint density at radius 1 is 1.31 bits per heavy atom. The smallest absolute Gasteiger partial charge is 0.411 e. The Morgan fingerprint density at radius 2 is 1.69 bits per heavy atom. The van der Waals surface area contributed by atoms with Crippen LogP contribution in [0, 0.1) is 0 Å². The van der Waals surface area contributed by atoms with E-state index in [9.17, 15) is 22.1 Å². The Kier molecular flexibility index (Phi) is 4.50. The molecule has 0 aromatic rings. The number of halogens is 4. The molecule has 1 N–H and O–H groups in total. The number of oxime groups is 1. The molecule has 3 nitrogen and oxygen atoms in total. The average molecular weight is 197 g/mol. The summed E-state index contributed by atoms with van der Waals surface area (Å²) < 4.78 is 47.7. The van der Waals surface area contributed by atoms with Gasteiger partial charge in [-0.25, -0.2) is 0 Å². The van der Waals surface area contributed by atoms with Gasteiger partial charge < -0.3 is 5.21 Å². The molecule has 13 heavy (non-hydrogen) atoms. The first-order valence-corrected chi connectivity index (χ1v) is 3.21. The second-order valence-electron chi connectivity index (χ2n) is 2.24. The van der Waals surface area contributed by atoms with E-state index in [1.54, 1.807) is 0 Å².